The maximum absolute atomic E-state index is 11.1. The van der Waals surface area contributed by atoms with Gasteiger partial charge in [0.25, 0.3) is 5.69 Å². The van der Waals surface area contributed by atoms with Gasteiger partial charge in [-0.25, -0.2) is 0 Å². The van der Waals surface area contributed by atoms with Gasteiger partial charge in [-0.1, -0.05) is 0 Å². The van der Waals surface area contributed by atoms with E-state index in [-0.39, 0.29) is 23.1 Å². The van der Waals surface area contributed by atoms with Gasteiger partial charge in [-0.3, -0.25) is 15.1 Å². The Labute approximate surface area is 122 Å². The molecular weight excluding hydrogens is 270 g/mol. The second-order valence-electron chi connectivity index (χ2n) is 5.40. The van der Waals surface area contributed by atoms with Crippen LogP contribution >= 0.6 is 0 Å². The van der Waals surface area contributed by atoms with Crippen LogP contribution in [0.3, 0.4) is 0 Å². The number of fused-ring (bicyclic) bond motifs is 1. The molecule has 1 fully saturated rings. The lowest BCUT2D eigenvalue weighted by molar-refractivity contribution is -0.383. The van der Waals surface area contributed by atoms with E-state index in [0.29, 0.717) is 10.9 Å². The molecule has 0 aliphatic carbocycles. The van der Waals surface area contributed by atoms with E-state index in [1.165, 1.54) is 0 Å². The van der Waals surface area contributed by atoms with Crippen LogP contribution in [0.5, 0.6) is 0 Å². The summed E-state index contributed by atoms with van der Waals surface area (Å²) in [7, 11) is 0. The summed E-state index contributed by atoms with van der Waals surface area (Å²) in [6.45, 7) is 1.83. The first-order chi connectivity index (χ1) is 10.2. The molecule has 0 bridgehead atoms. The van der Waals surface area contributed by atoms with Crippen molar-refractivity contribution in [1.82, 2.24) is 4.98 Å². The number of nitrogens with zero attached hydrogens (tertiary/aromatic N) is 3. The average molecular weight is 287 g/mol. The first-order valence-electron chi connectivity index (χ1n) is 7.08. The van der Waals surface area contributed by atoms with Gasteiger partial charge < -0.3 is 10.0 Å². The molecular formula is C15H17N3O3. The van der Waals surface area contributed by atoms with Crippen LogP contribution in [-0.4, -0.2) is 34.7 Å². The standard InChI is InChI=1S/C15H17N3O3/c19-10-11-3-2-8-17(9-11)14-6-5-13(18(20)21)12-4-1-7-16-15(12)14/h1,4-7,11,19H,2-3,8-10H2/t11-/m1/s1. The fraction of sp³-hybridized carbons (Fsp3) is 0.400. The third-order valence-corrected chi connectivity index (χ3v) is 4.04. The number of rotatable bonds is 3. The van der Waals surface area contributed by atoms with Gasteiger partial charge in [-0.2, -0.15) is 0 Å². The zero-order valence-corrected chi connectivity index (χ0v) is 11.6. The SMILES string of the molecule is O=[N+]([O-])c1ccc(N2CCC[C@@H](CO)C2)c2ncccc12. The molecule has 3 rings (SSSR count). The third-order valence-electron chi connectivity index (χ3n) is 4.04. The number of aliphatic hydroxyl groups is 1. The van der Waals surface area contributed by atoms with E-state index < -0.39 is 0 Å². The number of benzene rings is 1. The normalized spacial score (nSPS) is 18.9. The zero-order chi connectivity index (χ0) is 14.8. The summed E-state index contributed by atoms with van der Waals surface area (Å²) in [6.07, 6.45) is 3.69. The second kappa shape index (κ2) is 5.65. The van der Waals surface area contributed by atoms with Crippen LogP contribution in [0.1, 0.15) is 12.8 Å². The van der Waals surface area contributed by atoms with E-state index in [9.17, 15) is 15.2 Å². The van der Waals surface area contributed by atoms with Gasteiger partial charge in [-0.05, 0) is 37.0 Å². The van der Waals surface area contributed by atoms with Crippen LogP contribution in [-0.2, 0) is 0 Å². The highest BCUT2D eigenvalue weighted by atomic mass is 16.6. The summed E-state index contributed by atoms with van der Waals surface area (Å²) in [5, 5.41) is 21.0. The minimum atomic E-state index is -0.374. The molecule has 6 nitrogen and oxygen atoms in total. The van der Waals surface area contributed by atoms with Gasteiger partial charge in [-0.15, -0.1) is 0 Å². The van der Waals surface area contributed by atoms with Gasteiger partial charge in [0.05, 0.1) is 16.0 Å². The Kier molecular flexibility index (Phi) is 3.70. The number of aromatic nitrogens is 1. The number of nitro benzene ring substituents is 1. The molecule has 0 amide bonds. The maximum Gasteiger partial charge on any atom is 0.278 e. The molecule has 0 saturated carbocycles. The van der Waals surface area contributed by atoms with Crippen molar-refractivity contribution >= 4 is 22.3 Å². The molecule has 2 heterocycles. The lowest BCUT2D eigenvalue weighted by Crippen LogP contribution is -2.36. The van der Waals surface area contributed by atoms with Gasteiger partial charge in [0, 0.05) is 32.0 Å². The Morgan fingerprint density at radius 1 is 1.43 bits per heavy atom. The van der Waals surface area contributed by atoms with Crippen molar-refractivity contribution in [1.29, 1.82) is 0 Å². The summed E-state index contributed by atoms with van der Waals surface area (Å²) in [5.41, 5.74) is 1.65. The fourth-order valence-corrected chi connectivity index (χ4v) is 2.99. The Balaban J connectivity index is 2.07. The smallest absolute Gasteiger partial charge is 0.278 e. The molecule has 1 aromatic carbocycles. The molecule has 110 valence electrons. The Morgan fingerprint density at radius 2 is 2.29 bits per heavy atom. The molecule has 1 atom stereocenters. The first kappa shape index (κ1) is 13.8. The summed E-state index contributed by atoms with van der Waals surface area (Å²) in [6, 6.07) is 6.76. The quantitative estimate of drug-likeness (QED) is 0.692. The number of pyridine rings is 1. The Morgan fingerprint density at radius 3 is 3.05 bits per heavy atom. The van der Waals surface area contributed by atoms with Gasteiger partial charge in [0.15, 0.2) is 0 Å². The number of nitro groups is 1. The van der Waals surface area contributed by atoms with Crippen molar-refractivity contribution in [2.45, 2.75) is 12.8 Å². The van der Waals surface area contributed by atoms with Crippen molar-refractivity contribution < 1.29 is 10.0 Å². The second-order valence-corrected chi connectivity index (χ2v) is 5.40. The molecule has 1 aromatic heterocycles. The van der Waals surface area contributed by atoms with Crippen LogP contribution in [0.15, 0.2) is 30.5 Å². The molecule has 6 heteroatoms. The molecule has 0 spiro atoms. The molecule has 21 heavy (non-hydrogen) atoms. The first-order valence-corrected chi connectivity index (χ1v) is 7.08. The van der Waals surface area contributed by atoms with Crippen molar-refractivity contribution in [3.05, 3.63) is 40.6 Å². The van der Waals surface area contributed by atoms with Crippen LogP contribution in [0.2, 0.25) is 0 Å². The predicted octanol–water partition coefficient (Wildman–Crippen LogP) is 2.35. The molecule has 1 saturated heterocycles. The lowest BCUT2D eigenvalue weighted by Gasteiger charge is -2.33. The average Bonchev–Trinajstić information content (AvgIpc) is 2.53. The van der Waals surface area contributed by atoms with E-state index in [1.54, 1.807) is 30.5 Å². The van der Waals surface area contributed by atoms with E-state index in [1.807, 2.05) is 0 Å². The largest absolute Gasteiger partial charge is 0.396 e. The minimum absolute atomic E-state index is 0.0811. The summed E-state index contributed by atoms with van der Waals surface area (Å²) >= 11 is 0. The van der Waals surface area contributed by atoms with E-state index in [4.69, 9.17) is 0 Å². The molecule has 0 radical (unpaired) electrons. The number of piperidine rings is 1. The molecule has 1 aliphatic heterocycles. The van der Waals surface area contributed by atoms with Crippen LogP contribution in [0.4, 0.5) is 11.4 Å². The Hall–Kier alpha value is -2.21. The minimum Gasteiger partial charge on any atom is -0.396 e. The number of hydrogen-bond donors (Lipinski definition) is 1. The van der Waals surface area contributed by atoms with Crippen molar-refractivity contribution in [2.24, 2.45) is 5.92 Å². The highest BCUT2D eigenvalue weighted by molar-refractivity contribution is 5.97. The highest BCUT2D eigenvalue weighted by Crippen LogP contribution is 2.33. The van der Waals surface area contributed by atoms with E-state index in [2.05, 4.69) is 9.88 Å². The maximum atomic E-state index is 11.1. The third kappa shape index (κ3) is 2.54. The van der Waals surface area contributed by atoms with Crippen LogP contribution in [0.25, 0.3) is 10.9 Å². The lowest BCUT2D eigenvalue weighted by atomic mass is 9.98. The molecule has 2 aromatic rings. The Bertz CT molecular complexity index is 674. The van der Waals surface area contributed by atoms with Crippen LogP contribution in [0, 0.1) is 16.0 Å². The number of hydrogen-bond acceptors (Lipinski definition) is 5. The number of aliphatic hydroxyl groups excluding tert-OH is 1. The number of non-ortho nitro benzene ring substituents is 1. The fourth-order valence-electron chi connectivity index (χ4n) is 2.99. The molecule has 1 aliphatic rings. The molecule has 1 N–H and O–H groups in total. The summed E-state index contributed by atoms with van der Waals surface area (Å²) < 4.78 is 0. The van der Waals surface area contributed by atoms with Crippen molar-refractivity contribution in [3.8, 4) is 0 Å². The number of anilines is 1. The topological polar surface area (TPSA) is 79.5 Å². The predicted molar refractivity (Wildman–Crippen MR) is 80.4 cm³/mol. The van der Waals surface area contributed by atoms with Crippen molar-refractivity contribution in [3.63, 3.8) is 0 Å². The van der Waals surface area contributed by atoms with E-state index in [0.717, 1.165) is 31.6 Å². The van der Waals surface area contributed by atoms with Gasteiger partial charge >= 0.3 is 0 Å². The summed E-state index contributed by atoms with van der Waals surface area (Å²) in [4.78, 5) is 17.3. The monoisotopic (exact) mass is 287 g/mol. The molecule has 0 unspecified atom stereocenters. The zero-order valence-electron chi connectivity index (χ0n) is 11.6. The van der Waals surface area contributed by atoms with Crippen LogP contribution < -0.4 is 4.90 Å². The van der Waals surface area contributed by atoms with Crippen molar-refractivity contribution in [2.75, 3.05) is 24.6 Å². The van der Waals surface area contributed by atoms with Gasteiger partial charge in [0.2, 0.25) is 0 Å². The highest BCUT2D eigenvalue weighted by Gasteiger charge is 2.23. The van der Waals surface area contributed by atoms with E-state index >= 15 is 0 Å². The summed E-state index contributed by atoms with van der Waals surface area (Å²) in [5.74, 6) is 0.257. The van der Waals surface area contributed by atoms with Gasteiger partial charge in [0.1, 0.15) is 5.52 Å².